The standard InChI is InChI=1S/C19H14N4O3S/c1-11-4-5-21-14(6-11)15-10-27-19(22-15)23-18(26)13(9-20)7-12-2-3-16(24)17(25)8-12/h2-8,10,24-25H,1H3,(H,22,23,26)/b13-7+. The molecule has 7 nitrogen and oxygen atoms in total. The van der Waals surface area contributed by atoms with Crippen LogP contribution >= 0.6 is 11.3 Å². The van der Waals surface area contributed by atoms with Crippen LogP contribution in [0.5, 0.6) is 11.5 Å². The van der Waals surface area contributed by atoms with Crippen LogP contribution in [0.3, 0.4) is 0 Å². The van der Waals surface area contributed by atoms with E-state index in [1.807, 2.05) is 25.1 Å². The lowest BCUT2D eigenvalue weighted by Crippen LogP contribution is -2.13. The Balaban J connectivity index is 1.78. The molecular formula is C19H14N4O3S. The van der Waals surface area contributed by atoms with Crippen molar-refractivity contribution in [1.82, 2.24) is 9.97 Å². The van der Waals surface area contributed by atoms with Crippen molar-refractivity contribution in [2.75, 3.05) is 5.32 Å². The summed E-state index contributed by atoms with van der Waals surface area (Å²) in [6, 6.07) is 9.59. The summed E-state index contributed by atoms with van der Waals surface area (Å²) in [4.78, 5) is 20.9. The van der Waals surface area contributed by atoms with E-state index in [0.29, 0.717) is 22.1 Å². The maximum absolute atomic E-state index is 12.3. The zero-order valence-electron chi connectivity index (χ0n) is 14.2. The van der Waals surface area contributed by atoms with Crippen LogP contribution in [0, 0.1) is 18.3 Å². The zero-order chi connectivity index (χ0) is 19.4. The monoisotopic (exact) mass is 378 g/mol. The van der Waals surface area contributed by atoms with Crippen LogP contribution < -0.4 is 5.32 Å². The first kappa shape index (κ1) is 18.1. The van der Waals surface area contributed by atoms with Crippen molar-refractivity contribution in [3.63, 3.8) is 0 Å². The fourth-order valence-electron chi connectivity index (χ4n) is 2.24. The number of aromatic hydroxyl groups is 2. The van der Waals surface area contributed by atoms with Gasteiger partial charge in [-0.05, 0) is 48.4 Å². The molecule has 0 spiro atoms. The molecule has 0 atom stereocenters. The number of nitrogens with one attached hydrogen (secondary N) is 1. The fourth-order valence-corrected chi connectivity index (χ4v) is 2.93. The van der Waals surface area contributed by atoms with Gasteiger partial charge in [-0.15, -0.1) is 11.3 Å². The molecule has 3 rings (SSSR count). The van der Waals surface area contributed by atoms with Crippen LogP contribution in [0.4, 0.5) is 5.13 Å². The van der Waals surface area contributed by atoms with Gasteiger partial charge in [-0.25, -0.2) is 4.98 Å². The summed E-state index contributed by atoms with van der Waals surface area (Å²) in [5.74, 6) is -1.24. The molecule has 1 amide bonds. The van der Waals surface area contributed by atoms with E-state index in [1.54, 1.807) is 11.6 Å². The van der Waals surface area contributed by atoms with Crippen molar-refractivity contribution in [3.8, 4) is 29.0 Å². The van der Waals surface area contributed by atoms with E-state index in [0.717, 1.165) is 5.56 Å². The lowest BCUT2D eigenvalue weighted by Gasteiger charge is -2.02. The first-order valence-electron chi connectivity index (χ1n) is 7.80. The SMILES string of the molecule is Cc1ccnc(-c2csc(NC(=O)/C(C#N)=C/c3ccc(O)c(O)c3)n2)c1. The molecule has 0 saturated heterocycles. The molecule has 0 fully saturated rings. The Morgan fingerprint density at radius 2 is 2.04 bits per heavy atom. The number of nitrogens with zero attached hydrogens (tertiary/aromatic N) is 3. The summed E-state index contributed by atoms with van der Waals surface area (Å²) in [5.41, 5.74) is 2.61. The third-order valence-electron chi connectivity index (χ3n) is 3.58. The quantitative estimate of drug-likeness (QED) is 0.363. The van der Waals surface area contributed by atoms with E-state index in [1.165, 1.54) is 35.6 Å². The number of hydrogen-bond acceptors (Lipinski definition) is 7. The molecule has 3 aromatic rings. The van der Waals surface area contributed by atoms with Crippen molar-refractivity contribution < 1.29 is 15.0 Å². The average molecular weight is 378 g/mol. The van der Waals surface area contributed by atoms with E-state index < -0.39 is 5.91 Å². The number of nitriles is 1. The van der Waals surface area contributed by atoms with Crippen LogP contribution in [0.25, 0.3) is 17.5 Å². The largest absolute Gasteiger partial charge is 0.504 e. The highest BCUT2D eigenvalue weighted by molar-refractivity contribution is 7.14. The zero-order valence-corrected chi connectivity index (χ0v) is 15.0. The number of aromatic nitrogens is 2. The van der Waals surface area contributed by atoms with Crippen molar-refractivity contribution in [3.05, 3.63) is 58.6 Å². The minimum atomic E-state index is -0.622. The molecule has 0 aliphatic rings. The Kier molecular flexibility index (Phi) is 5.15. The summed E-state index contributed by atoms with van der Waals surface area (Å²) in [6.07, 6.45) is 3.00. The van der Waals surface area contributed by atoms with Gasteiger partial charge in [0.2, 0.25) is 0 Å². The number of aryl methyl sites for hydroxylation is 1. The minimum Gasteiger partial charge on any atom is -0.504 e. The number of hydrogen-bond donors (Lipinski definition) is 3. The van der Waals surface area contributed by atoms with Gasteiger partial charge in [0.1, 0.15) is 17.3 Å². The molecule has 2 heterocycles. The van der Waals surface area contributed by atoms with E-state index >= 15 is 0 Å². The van der Waals surface area contributed by atoms with Gasteiger partial charge in [0.05, 0.1) is 5.69 Å². The number of anilines is 1. The van der Waals surface area contributed by atoms with Crippen molar-refractivity contribution in [1.29, 1.82) is 5.26 Å². The molecule has 3 N–H and O–H groups in total. The normalized spacial score (nSPS) is 11.0. The van der Waals surface area contributed by atoms with Crippen LogP contribution in [0.2, 0.25) is 0 Å². The minimum absolute atomic E-state index is 0.162. The molecule has 0 saturated carbocycles. The highest BCUT2D eigenvalue weighted by Crippen LogP contribution is 2.27. The average Bonchev–Trinajstić information content (AvgIpc) is 3.11. The molecule has 0 aliphatic heterocycles. The first-order chi connectivity index (χ1) is 13.0. The summed E-state index contributed by atoms with van der Waals surface area (Å²) >= 11 is 1.22. The van der Waals surface area contributed by atoms with Crippen LogP contribution in [-0.2, 0) is 4.79 Å². The summed E-state index contributed by atoms with van der Waals surface area (Å²) in [7, 11) is 0. The van der Waals surface area contributed by atoms with Gasteiger partial charge in [0.25, 0.3) is 5.91 Å². The van der Waals surface area contributed by atoms with Crippen molar-refractivity contribution in [2.45, 2.75) is 6.92 Å². The third kappa shape index (κ3) is 4.29. The lowest BCUT2D eigenvalue weighted by atomic mass is 10.1. The van der Waals surface area contributed by atoms with Crippen LogP contribution in [0.15, 0.2) is 47.5 Å². The molecule has 2 aromatic heterocycles. The maximum atomic E-state index is 12.3. The molecule has 8 heteroatoms. The number of phenols is 2. The second-order valence-electron chi connectivity index (χ2n) is 5.63. The second-order valence-corrected chi connectivity index (χ2v) is 6.49. The topological polar surface area (TPSA) is 119 Å². The Morgan fingerprint density at radius 3 is 2.74 bits per heavy atom. The van der Waals surface area contributed by atoms with E-state index in [-0.39, 0.29) is 17.1 Å². The Hall–Kier alpha value is -3.70. The summed E-state index contributed by atoms with van der Waals surface area (Å²) < 4.78 is 0. The maximum Gasteiger partial charge on any atom is 0.268 e. The number of amides is 1. The molecule has 1 aromatic carbocycles. The third-order valence-corrected chi connectivity index (χ3v) is 4.34. The second kappa shape index (κ2) is 7.68. The van der Waals surface area contributed by atoms with Gasteiger partial charge in [-0.2, -0.15) is 5.26 Å². The van der Waals surface area contributed by atoms with E-state index in [2.05, 4.69) is 15.3 Å². The van der Waals surface area contributed by atoms with Gasteiger partial charge in [0, 0.05) is 11.6 Å². The number of phenolic OH excluding ortho intramolecular Hbond substituents is 2. The molecule has 0 aliphatic carbocycles. The highest BCUT2D eigenvalue weighted by atomic mass is 32.1. The molecule has 134 valence electrons. The van der Waals surface area contributed by atoms with E-state index in [9.17, 15) is 20.3 Å². The van der Waals surface area contributed by atoms with Gasteiger partial charge in [-0.1, -0.05) is 6.07 Å². The predicted molar refractivity (Wildman–Crippen MR) is 102 cm³/mol. The first-order valence-corrected chi connectivity index (χ1v) is 8.68. The van der Waals surface area contributed by atoms with E-state index in [4.69, 9.17) is 0 Å². The van der Waals surface area contributed by atoms with Crippen molar-refractivity contribution >= 4 is 28.5 Å². The Labute approximate surface area is 158 Å². The van der Waals surface area contributed by atoms with Crippen LogP contribution in [0.1, 0.15) is 11.1 Å². The molecule has 0 bridgehead atoms. The molecular weight excluding hydrogens is 364 g/mol. The van der Waals surface area contributed by atoms with Gasteiger partial charge in [-0.3, -0.25) is 15.1 Å². The van der Waals surface area contributed by atoms with Gasteiger partial charge >= 0.3 is 0 Å². The smallest absolute Gasteiger partial charge is 0.268 e. The summed E-state index contributed by atoms with van der Waals surface area (Å²) in [6.45, 7) is 1.95. The number of benzene rings is 1. The van der Waals surface area contributed by atoms with Crippen molar-refractivity contribution in [2.24, 2.45) is 0 Å². The molecule has 0 unspecified atom stereocenters. The predicted octanol–water partition coefficient (Wildman–Crippen LogP) is 3.47. The number of rotatable bonds is 4. The Morgan fingerprint density at radius 1 is 1.22 bits per heavy atom. The molecule has 27 heavy (non-hydrogen) atoms. The number of pyridine rings is 1. The Bertz CT molecular complexity index is 1080. The lowest BCUT2D eigenvalue weighted by molar-refractivity contribution is -0.112. The van der Waals surface area contributed by atoms with Gasteiger partial charge < -0.3 is 10.2 Å². The molecule has 0 radical (unpaired) electrons. The number of carbonyl (C=O) groups is 1. The summed E-state index contributed by atoms with van der Waals surface area (Å²) in [5, 5.41) is 32.8. The van der Waals surface area contributed by atoms with Crippen LogP contribution in [-0.4, -0.2) is 26.1 Å². The van der Waals surface area contributed by atoms with Gasteiger partial charge in [0.15, 0.2) is 16.6 Å². The number of carbonyl (C=O) groups excluding carboxylic acids is 1. The highest BCUT2D eigenvalue weighted by Gasteiger charge is 2.13. The fraction of sp³-hybridized carbons (Fsp3) is 0.0526. The number of thiazole rings is 1.